The number of hydrogen-bond donors (Lipinski definition) is 2. The molecule has 6 nitrogen and oxygen atoms in total. The molecule has 0 unspecified atom stereocenters. The van der Waals surface area contributed by atoms with Crippen molar-refractivity contribution in [3.8, 4) is 0 Å². The van der Waals surface area contributed by atoms with E-state index in [9.17, 15) is 14.0 Å². The van der Waals surface area contributed by atoms with Crippen LogP contribution in [0.1, 0.15) is 18.5 Å². The zero-order valence-electron chi connectivity index (χ0n) is 14.6. The first-order valence-corrected chi connectivity index (χ1v) is 8.54. The maximum absolute atomic E-state index is 13.0. The van der Waals surface area contributed by atoms with Gasteiger partial charge in [0.1, 0.15) is 17.4 Å². The van der Waals surface area contributed by atoms with Crippen molar-refractivity contribution in [2.45, 2.75) is 19.5 Å². The molecule has 2 aromatic heterocycles. The Bertz CT molecular complexity index is 1190. The molecule has 0 saturated heterocycles. The maximum atomic E-state index is 13.0. The molecule has 0 aliphatic heterocycles. The summed E-state index contributed by atoms with van der Waals surface area (Å²) in [4.78, 5) is 25.1. The zero-order chi connectivity index (χ0) is 19.0. The number of H-pyrrole nitrogens is 1. The highest BCUT2D eigenvalue weighted by Gasteiger charge is 2.22. The first kappa shape index (κ1) is 17.0. The fraction of sp³-hybridized carbons (Fsp3) is 0.150. The molecule has 136 valence electrons. The van der Waals surface area contributed by atoms with E-state index in [1.807, 2.05) is 24.3 Å². The van der Waals surface area contributed by atoms with Crippen LogP contribution in [0.25, 0.3) is 21.8 Å². The van der Waals surface area contributed by atoms with E-state index < -0.39 is 6.04 Å². The summed E-state index contributed by atoms with van der Waals surface area (Å²) in [5.74, 6) is -0.560. The van der Waals surface area contributed by atoms with Crippen LogP contribution < -0.4 is 10.9 Å². The molecule has 0 fully saturated rings. The molecule has 4 rings (SSSR count). The standard InChI is InChI=1S/C20H17FN4O2/c1-12(19(26)22-10-13-6-8-14(21)9-7-13)25-17-5-3-2-4-15(17)16-11-23-24-20(27)18(16)25/h2-9,11-12H,10H2,1H3,(H,22,26)(H,24,27)/t12-/m1/s1. The number of nitrogens with one attached hydrogen (secondary N) is 2. The third kappa shape index (κ3) is 2.97. The van der Waals surface area contributed by atoms with Crippen LogP contribution >= 0.6 is 0 Å². The average molecular weight is 364 g/mol. The summed E-state index contributed by atoms with van der Waals surface area (Å²) in [6, 6.07) is 12.9. The van der Waals surface area contributed by atoms with Crippen molar-refractivity contribution < 1.29 is 9.18 Å². The number of carbonyl (C=O) groups is 1. The van der Waals surface area contributed by atoms with Gasteiger partial charge in [0.05, 0.1) is 11.7 Å². The molecule has 1 amide bonds. The summed E-state index contributed by atoms with van der Waals surface area (Å²) in [6.07, 6.45) is 1.60. The smallest absolute Gasteiger partial charge is 0.288 e. The van der Waals surface area contributed by atoms with Crippen LogP contribution in [0.15, 0.2) is 59.5 Å². The largest absolute Gasteiger partial charge is 0.350 e. The van der Waals surface area contributed by atoms with Gasteiger partial charge in [-0.15, -0.1) is 0 Å². The minimum atomic E-state index is -0.614. The number of rotatable bonds is 4. The first-order valence-electron chi connectivity index (χ1n) is 8.54. The zero-order valence-corrected chi connectivity index (χ0v) is 14.6. The Morgan fingerprint density at radius 2 is 1.93 bits per heavy atom. The average Bonchev–Trinajstić information content (AvgIpc) is 3.02. The number of aromatic amines is 1. The Morgan fingerprint density at radius 3 is 2.70 bits per heavy atom. The second-order valence-electron chi connectivity index (χ2n) is 6.37. The van der Waals surface area contributed by atoms with Crippen molar-refractivity contribution >= 4 is 27.7 Å². The Labute approximate surface area is 153 Å². The molecule has 2 N–H and O–H groups in total. The van der Waals surface area contributed by atoms with E-state index in [0.717, 1.165) is 16.5 Å². The van der Waals surface area contributed by atoms with Gasteiger partial charge in [0.15, 0.2) is 0 Å². The van der Waals surface area contributed by atoms with Crippen molar-refractivity contribution in [3.63, 3.8) is 0 Å². The Hall–Kier alpha value is -3.48. The molecule has 2 aromatic carbocycles. The second kappa shape index (κ2) is 6.68. The number of fused-ring (bicyclic) bond motifs is 3. The topological polar surface area (TPSA) is 79.8 Å². The number of hydrogen-bond acceptors (Lipinski definition) is 3. The molecule has 0 radical (unpaired) electrons. The lowest BCUT2D eigenvalue weighted by molar-refractivity contribution is -0.123. The summed E-state index contributed by atoms with van der Waals surface area (Å²) in [5.41, 5.74) is 1.65. The van der Waals surface area contributed by atoms with Crippen molar-refractivity contribution in [1.82, 2.24) is 20.1 Å². The summed E-state index contributed by atoms with van der Waals surface area (Å²) < 4.78 is 14.7. The quantitative estimate of drug-likeness (QED) is 0.584. The van der Waals surface area contributed by atoms with Gasteiger partial charge >= 0.3 is 0 Å². The minimum absolute atomic E-state index is 0.238. The van der Waals surface area contributed by atoms with Gasteiger partial charge < -0.3 is 9.88 Å². The number of amides is 1. The molecule has 4 aromatic rings. The minimum Gasteiger partial charge on any atom is -0.350 e. The van der Waals surface area contributed by atoms with Crippen LogP contribution in [0.2, 0.25) is 0 Å². The van der Waals surface area contributed by atoms with Crippen molar-refractivity contribution in [3.05, 3.63) is 76.5 Å². The Morgan fingerprint density at radius 1 is 1.19 bits per heavy atom. The lowest BCUT2D eigenvalue weighted by Gasteiger charge is -2.16. The predicted octanol–water partition coefficient (Wildman–Crippen LogP) is 2.89. The van der Waals surface area contributed by atoms with Gasteiger partial charge in [-0.05, 0) is 30.7 Å². The molecule has 1 atom stereocenters. The highest BCUT2D eigenvalue weighted by Crippen LogP contribution is 2.29. The second-order valence-corrected chi connectivity index (χ2v) is 6.37. The van der Waals surface area contributed by atoms with Crippen LogP contribution in [-0.4, -0.2) is 20.7 Å². The van der Waals surface area contributed by atoms with Crippen molar-refractivity contribution in [2.75, 3.05) is 0 Å². The number of nitrogens with zero attached hydrogens (tertiary/aromatic N) is 2. The summed E-state index contributed by atoms with van der Waals surface area (Å²) >= 11 is 0. The van der Waals surface area contributed by atoms with Gasteiger partial charge in [0.25, 0.3) is 5.56 Å². The molecule has 27 heavy (non-hydrogen) atoms. The van der Waals surface area contributed by atoms with E-state index in [1.165, 1.54) is 12.1 Å². The Balaban J connectivity index is 1.71. The van der Waals surface area contributed by atoms with E-state index in [-0.39, 0.29) is 23.8 Å². The highest BCUT2D eigenvalue weighted by molar-refractivity contribution is 6.08. The normalized spacial score (nSPS) is 12.4. The molecule has 0 aliphatic rings. The highest BCUT2D eigenvalue weighted by atomic mass is 19.1. The molecule has 0 aliphatic carbocycles. The Kier molecular flexibility index (Phi) is 4.19. The monoisotopic (exact) mass is 364 g/mol. The lowest BCUT2D eigenvalue weighted by atomic mass is 10.2. The number of benzene rings is 2. The van der Waals surface area contributed by atoms with Crippen LogP contribution in [0.3, 0.4) is 0 Å². The number of para-hydroxylation sites is 1. The van der Waals surface area contributed by atoms with Crippen LogP contribution in [-0.2, 0) is 11.3 Å². The van der Waals surface area contributed by atoms with Gasteiger partial charge in [0, 0.05) is 17.3 Å². The van der Waals surface area contributed by atoms with Crippen LogP contribution in [0.5, 0.6) is 0 Å². The molecular weight excluding hydrogens is 347 g/mol. The molecule has 0 bridgehead atoms. The van der Waals surface area contributed by atoms with Gasteiger partial charge in [-0.2, -0.15) is 5.10 Å². The van der Waals surface area contributed by atoms with E-state index in [0.29, 0.717) is 10.9 Å². The van der Waals surface area contributed by atoms with Gasteiger partial charge in [-0.25, -0.2) is 9.49 Å². The molecule has 0 saturated carbocycles. The predicted molar refractivity (Wildman–Crippen MR) is 101 cm³/mol. The fourth-order valence-electron chi connectivity index (χ4n) is 3.32. The molecule has 7 heteroatoms. The van der Waals surface area contributed by atoms with E-state index in [2.05, 4.69) is 15.5 Å². The molecule has 0 spiro atoms. The fourth-order valence-corrected chi connectivity index (χ4v) is 3.32. The number of halogens is 1. The van der Waals surface area contributed by atoms with E-state index in [4.69, 9.17) is 0 Å². The van der Waals surface area contributed by atoms with E-state index >= 15 is 0 Å². The summed E-state index contributed by atoms with van der Waals surface area (Å²) in [6.45, 7) is 2.02. The summed E-state index contributed by atoms with van der Waals surface area (Å²) in [7, 11) is 0. The number of carbonyl (C=O) groups excluding carboxylic acids is 1. The van der Waals surface area contributed by atoms with E-state index in [1.54, 1.807) is 29.8 Å². The summed E-state index contributed by atoms with van der Waals surface area (Å²) in [5, 5.41) is 10.7. The molecule has 2 heterocycles. The maximum Gasteiger partial charge on any atom is 0.288 e. The van der Waals surface area contributed by atoms with Gasteiger partial charge in [-0.3, -0.25) is 9.59 Å². The first-order chi connectivity index (χ1) is 13.1. The van der Waals surface area contributed by atoms with Crippen LogP contribution in [0.4, 0.5) is 4.39 Å². The van der Waals surface area contributed by atoms with Crippen LogP contribution in [0, 0.1) is 5.82 Å². The van der Waals surface area contributed by atoms with Gasteiger partial charge in [0.2, 0.25) is 5.91 Å². The van der Waals surface area contributed by atoms with Crippen molar-refractivity contribution in [1.29, 1.82) is 0 Å². The lowest BCUT2D eigenvalue weighted by Crippen LogP contribution is -2.31. The molecular formula is C20H17FN4O2. The van der Waals surface area contributed by atoms with Gasteiger partial charge in [-0.1, -0.05) is 30.3 Å². The third-order valence-corrected chi connectivity index (χ3v) is 4.67. The van der Waals surface area contributed by atoms with Crippen molar-refractivity contribution in [2.24, 2.45) is 0 Å². The number of aromatic nitrogens is 3. The SMILES string of the molecule is C[C@H](C(=O)NCc1ccc(F)cc1)n1c2ccccc2c2cn[nH]c(=O)c21. The third-order valence-electron chi connectivity index (χ3n) is 4.67.